The first-order valence-electron chi connectivity index (χ1n) is 7.28. The van der Waals surface area contributed by atoms with Crippen molar-refractivity contribution in [2.24, 2.45) is 10.8 Å². The summed E-state index contributed by atoms with van der Waals surface area (Å²) in [5.41, 5.74) is 3.11. The molecule has 1 aromatic rings. The molecule has 5 N–H and O–H groups in total. The van der Waals surface area contributed by atoms with Crippen molar-refractivity contribution in [3.05, 3.63) is 35.9 Å². The molecule has 0 bridgehead atoms. The predicted molar refractivity (Wildman–Crippen MR) is 85.7 cm³/mol. The van der Waals surface area contributed by atoms with E-state index in [4.69, 9.17) is 15.7 Å². The Bertz CT molecular complexity index is 507. The fourth-order valence-corrected chi connectivity index (χ4v) is 1.83. The highest BCUT2D eigenvalue weighted by atomic mass is 16.5. The molecule has 0 spiro atoms. The molecule has 0 fully saturated rings. The Morgan fingerprint density at radius 3 is 2.70 bits per heavy atom. The molecule has 1 aromatic carbocycles. The topological polar surface area (TPSA) is 126 Å². The van der Waals surface area contributed by atoms with E-state index in [9.17, 15) is 9.59 Å². The van der Waals surface area contributed by atoms with Crippen LogP contribution in [-0.4, -0.2) is 36.1 Å². The second kappa shape index (κ2) is 11.0. The number of rotatable bonds is 10. The van der Waals surface area contributed by atoms with E-state index in [1.54, 1.807) is 0 Å². The number of carboxylic acid groups (broad SMARTS) is 1. The Labute approximate surface area is 134 Å². The van der Waals surface area contributed by atoms with Crippen LogP contribution >= 0.6 is 0 Å². The Morgan fingerprint density at radius 2 is 2.04 bits per heavy atom. The van der Waals surface area contributed by atoms with E-state index in [2.05, 4.69) is 15.7 Å². The van der Waals surface area contributed by atoms with E-state index in [0.29, 0.717) is 25.8 Å². The van der Waals surface area contributed by atoms with Crippen molar-refractivity contribution in [2.45, 2.75) is 31.9 Å². The fourth-order valence-electron chi connectivity index (χ4n) is 1.83. The van der Waals surface area contributed by atoms with Gasteiger partial charge in [0.1, 0.15) is 12.6 Å². The largest absolute Gasteiger partial charge is 0.480 e. The highest BCUT2D eigenvalue weighted by molar-refractivity contribution is 5.79. The summed E-state index contributed by atoms with van der Waals surface area (Å²) in [6, 6.07) is 8.18. The minimum atomic E-state index is -1.09. The van der Waals surface area contributed by atoms with Gasteiger partial charge in [-0.1, -0.05) is 30.3 Å². The molecule has 1 amide bonds. The Hall–Kier alpha value is -2.61. The summed E-state index contributed by atoms with van der Waals surface area (Å²) in [7, 11) is 0. The Balaban J connectivity index is 2.29. The van der Waals surface area contributed by atoms with E-state index in [1.165, 1.54) is 6.34 Å². The number of aliphatic imine (C=N–C) groups is 1. The first-order chi connectivity index (χ1) is 11.1. The van der Waals surface area contributed by atoms with Crippen LogP contribution in [-0.2, 0) is 16.1 Å². The first kappa shape index (κ1) is 18.4. The van der Waals surface area contributed by atoms with Gasteiger partial charge in [0.15, 0.2) is 0 Å². The van der Waals surface area contributed by atoms with E-state index in [1.807, 2.05) is 30.3 Å². The van der Waals surface area contributed by atoms with Crippen molar-refractivity contribution in [3.8, 4) is 0 Å². The monoisotopic (exact) mass is 322 g/mol. The van der Waals surface area contributed by atoms with Crippen LogP contribution in [0.1, 0.15) is 24.8 Å². The van der Waals surface area contributed by atoms with Gasteiger partial charge in [0.05, 0.1) is 6.34 Å². The summed E-state index contributed by atoms with van der Waals surface area (Å²) >= 11 is 0. The zero-order valence-corrected chi connectivity index (χ0v) is 12.8. The molecule has 0 heterocycles. The minimum absolute atomic E-state index is 0.0970. The standard InChI is InChI=1S/C15H22N4O4/c16-18-11-17-9-5-4-8-13(14(20)21)19-15(22)23-10-12-6-2-1-3-7-12/h1-3,6-7,11,13H,4-5,8-10,16H2,(H,17,18)(H,19,22)(H,20,21)/t13-/m0/s1. The van der Waals surface area contributed by atoms with E-state index in [0.717, 1.165) is 5.56 Å². The molecule has 8 nitrogen and oxygen atoms in total. The van der Waals surface area contributed by atoms with Gasteiger partial charge in [-0.3, -0.25) is 4.99 Å². The molecular weight excluding hydrogens is 300 g/mol. The molecule has 0 aliphatic heterocycles. The lowest BCUT2D eigenvalue weighted by Crippen LogP contribution is -2.41. The summed E-state index contributed by atoms with van der Waals surface area (Å²) in [4.78, 5) is 26.7. The maximum atomic E-state index is 11.7. The second-order valence-electron chi connectivity index (χ2n) is 4.79. The Kier molecular flexibility index (Phi) is 8.84. The van der Waals surface area contributed by atoms with Crippen LogP contribution in [0.25, 0.3) is 0 Å². The van der Waals surface area contributed by atoms with Crippen molar-refractivity contribution < 1.29 is 19.4 Å². The summed E-state index contributed by atoms with van der Waals surface area (Å²) < 4.78 is 5.01. The molecule has 0 saturated carbocycles. The van der Waals surface area contributed by atoms with Gasteiger partial charge in [0.2, 0.25) is 0 Å². The lowest BCUT2D eigenvalue weighted by atomic mass is 10.1. The molecule has 23 heavy (non-hydrogen) atoms. The smallest absolute Gasteiger partial charge is 0.408 e. The summed E-state index contributed by atoms with van der Waals surface area (Å²) in [6.07, 6.45) is 2.24. The molecule has 8 heteroatoms. The Morgan fingerprint density at radius 1 is 1.30 bits per heavy atom. The van der Waals surface area contributed by atoms with Gasteiger partial charge in [-0.25, -0.2) is 15.4 Å². The van der Waals surface area contributed by atoms with Crippen LogP contribution in [0.4, 0.5) is 4.79 Å². The number of nitrogens with zero attached hydrogens (tertiary/aromatic N) is 1. The number of aliphatic carboxylic acids is 1. The van der Waals surface area contributed by atoms with Crippen LogP contribution in [0.15, 0.2) is 35.3 Å². The SMILES string of the molecule is NNC=NCCCC[C@H](NC(=O)OCc1ccccc1)C(=O)O. The van der Waals surface area contributed by atoms with Gasteiger partial charge < -0.3 is 20.6 Å². The highest BCUT2D eigenvalue weighted by Gasteiger charge is 2.20. The van der Waals surface area contributed by atoms with Crippen LogP contribution in [0.2, 0.25) is 0 Å². The van der Waals surface area contributed by atoms with Crippen LogP contribution in [0.3, 0.4) is 0 Å². The molecule has 126 valence electrons. The van der Waals surface area contributed by atoms with Gasteiger partial charge in [0, 0.05) is 6.54 Å². The summed E-state index contributed by atoms with van der Waals surface area (Å²) in [6.45, 7) is 0.634. The number of carbonyl (C=O) groups excluding carboxylic acids is 1. The average molecular weight is 322 g/mol. The average Bonchev–Trinajstić information content (AvgIpc) is 2.55. The number of carboxylic acids is 1. The van der Waals surface area contributed by atoms with E-state index >= 15 is 0 Å². The van der Waals surface area contributed by atoms with Gasteiger partial charge in [-0.2, -0.15) is 0 Å². The van der Waals surface area contributed by atoms with Crippen molar-refractivity contribution in [1.29, 1.82) is 0 Å². The van der Waals surface area contributed by atoms with E-state index in [-0.39, 0.29) is 6.61 Å². The number of alkyl carbamates (subject to hydrolysis) is 1. The predicted octanol–water partition coefficient (Wildman–Crippen LogP) is 1.03. The van der Waals surface area contributed by atoms with Crippen molar-refractivity contribution in [1.82, 2.24) is 10.7 Å². The number of benzene rings is 1. The fraction of sp³-hybridized carbons (Fsp3) is 0.400. The van der Waals surface area contributed by atoms with Crippen LogP contribution in [0, 0.1) is 0 Å². The second-order valence-corrected chi connectivity index (χ2v) is 4.79. The minimum Gasteiger partial charge on any atom is -0.480 e. The molecule has 0 aromatic heterocycles. The van der Waals surface area contributed by atoms with Gasteiger partial charge in [-0.05, 0) is 24.8 Å². The quantitative estimate of drug-likeness (QED) is 0.167. The normalized spacial score (nSPS) is 11.9. The van der Waals surface area contributed by atoms with Crippen molar-refractivity contribution in [3.63, 3.8) is 0 Å². The summed E-state index contributed by atoms with van der Waals surface area (Å²) in [5.74, 6) is 3.93. The maximum absolute atomic E-state index is 11.7. The lowest BCUT2D eigenvalue weighted by Gasteiger charge is -2.14. The highest BCUT2D eigenvalue weighted by Crippen LogP contribution is 2.04. The third-order valence-electron chi connectivity index (χ3n) is 3.00. The number of hydrogen-bond donors (Lipinski definition) is 4. The molecule has 0 aliphatic rings. The molecule has 0 aliphatic carbocycles. The number of carbonyl (C=O) groups is 2. The zero-order chi connectivity index (χ0) is 16.9. The van der Waals surface area contributed by atoms with Crippen LogP contribution < -0.4 is 16.6 Å². The third-order valence-corrected chi connectivity index (χ3v) is 3.00. The molecule has 0 radical (unpaired) electrons. The molecule has 0 unspecified atom stereocenters. The number of nitrogens with two attached hydrogens (primary N) is 1. The number of amides is 1. The number of hydrazine groups is 1. The van der Waals surface area contributed by atoms with Gasteiger partial charge >= 0.3 is 12.1 Å². The lowest BCUT2D eigenvalue weighted by molar-refractivity contribution is -0.139. The zero-order valence-electron chi connectivity index (χ0n) is 12.8. The van der Waals surface area contributed by atoms with Crippen molar-refractivity contribution in [2.75, 3.05) is 6.54 Å². The molecule has 0 saturated heterocycles. The van der Waals surface area contributed by atoms with Crippen molar-refractivity contribution >= 4 is 18.4 Å². The van der Waals surface area contributed by atoms with Crippen LogP contribution in [0.5, 0.6) is 0 Å². The number of unbranched alkanes of at least 4 members (excludes halogenated alkanes) is 1. The number of ether oxygens (including phenoxy) is 1. The summed E-state index contributed by atoms with van der Waals surface area (Å²) in [5, 5.41) is 11.5. The first-order valence-corrected chi connectivity index (χ1v) is 7.28. The molecule has 1 atom stereocenters. The van der Waals surface area contributed by atoms with Gasteiger partial charge in [-0.15, -0.1) is 0 Å². The molecular formula is C15H22N4O4. The number of nitrogens with one attached hydrogen (secondary N) is 2. The number of hydrogen-bond acceptors (Lipinski definition) is 5. The maximum Gasteiger partial charge on any atom is 0.408 e. The third kappa shape index (κ3) is 8.42. The van der Waals surface area contributed by atoms with Gasteiger partial charge in [0.25, 0.3) is 0 Å². The van der Waals surface area contributed by atoms with E-state index < -0.39 is 18.1 Å². The molecule has 1 rings (SSSR count).